The molecule has 9 nitrogen and oxygen atoms in total. The van der Waals surface area contributed by atoms with Crippen LogP contribution in [0.2, 0.25) is 0 Å². The predicted octanol–water partition coefficient (Wildman–Crippen LogP) is 1.23. The van der Waals surface area contributed by atoms with Crippen LogP contribution in [0.4, 0.5) is 0 Å². The van der Waals surface area contributed by atoms with Gasteiger partial charge in [-0.05, 0) is 23.8 Å². The van der Waals surface area contributed by atoms with Crippen LogP contribution in [0.25, 0.3) is 0 Å². The van der Waals surface area contributed by atoms with Crippen molar-refractivity contribution in [3.05, 3.63) is 53.6 Å². The van der Waals surface area contributed by atoms with Crippen LogP contribution in [-0.4, -0.2) is 63.5 Å². The highest BCUT2D eigenvalue weighted by molar-refractivity contribution is 6.35. The van der Waals surface area contributed by atoms with Gasteiger partial charge in [0.1, 0.15) is 5.75 Å². The van der Waals surface area contributed by atoms with Crippen molar-refractivity contribution in [2.75, 3.05) is 46.8 Å². The van der Waals surface area contributed by atoms with Crippen molar-refractivity contribution in [1.82, 2.24) is 15.5 Å². The maximum Gasteiger partial charge on any atom is 0.309 e. The van der Waals surface area contributed by atoms with Crippen LogP contribution < -0.4 is 24.8 Å². The number of amides is 2. The number of nitrogens with one attached hydrogen (secondary N) is 2. The van der Waals surface area contributed by atoms with E-state index in [-0.39, 0.29) is 25.9 Å². The summed E-state index contributed by atoms with van der Waals surface area (Å²) in [6.45, 7) is 3.38. The van der Waals surface area contributed by atoms with Crippen molar-refractivity contribution in [3.63, 3.8) is 0 Å². The van der Waals surface area contributed by atoms with Crippen LogP contribution >= 0.6 is 0 Å². The summed E-state index contributed by atoms with van der Waals surface area (Å²) in [6, 6.07) is 13.0. The van der Waals surface area contributed by atoms with Gasteiger partial charge in [0.15, 0.2) is 11.5 Å². The number of carbonyl (C=O) groups is 2. The fourth-order valence-corrected chi connectivity index (χ4v) is 3.84. The molecule has 1 saturated heterocycles. The molecule has 0 unspecified atom stereocenters. The first-order valence-corrected chi connectivity index (χ1v) is 10.5. The van der Waals surface area contributed by atoms with E-state index in [0.717, 1.165) is 24.2 Å². The van der Waals surface area contributed by atoms with Gasteiger partial charge in [-0.15, -0.1) is 0 Å². The first kappa shape index (κ1) is 21.9. The quantitative estimate of drug-likeness (QED) is 0.624. The van der Waals surface area contributed by atoms with Gasteiger partial charge in [0, 0.05) is 31.7 Å². The molecule has 2 aliphatic rings. The summed E-state index contributed by atoms with van der Waals surface area (Å²) in [5, 5.41) is 5.42. The Bertz CT molecular complexity index is 960. The number of benzene rings is 2. The summed E-state index contributed by atoms with van der Waals surface area (Å²) in [5.41, 5.74) is 1.77. The van der Waals surface area contributed by atoms with E-state index in [9.17, 15) is 9.59 Å². The number of ether oxygens (including phenoxy) is 4. The van der Waals surface area contributed by atoms with Crippen LogP contribution in [-0.2, 0) is 20.9 Å². The second kappa shape index (κ2) is 10.3. The van der Waals surface area contributed by atoms with Crippen molar-refractivity contribution in [1.29, 1.82) is 0 Å². The normalized spacial score (nSPS) is 16.3. The van der Waals surface area contributed by atoms with Crippen LogP contribution in [0.5, 0.6) is 17.2 Å². The van der Waals surface area contributed by atoms with Crippen molar-refractivity contribution in [2.45, 2.75) is 12.6 Å². The molecule has 0 spiro atoms. The molecule has 0 saturated carbocycles. The molecule has 2 aromatic rings. The highest BCUT2D eigenvalue weighted by atomic mass is 16.7. The average Bonchev–Trinajstić information content (AvgIpc) is 3.31. The molecule has 170 valence electrons. The predicted molar refractivity (Wildman–Crippen MR) is 116 cm³/mol. The van der Waals surface area contributed by atoms with Gasteiger partial charge in [-0.1, -0.05) is 24.3 Å². The van der Waals surface area contributed by atoms with Gasteiger partial charge in [-0.2, -0.15) is 0 Å². The molecule has 0 aromatic heterocycles. The van der Waals surface area contributed by atoms with E-state index in [2.05, 4.69) is 15.5 Å². The third-order valence-electron chi connectivity index (χ3n) is 5.56. The second-order valence-electron chi connectivity index (χ2n) is 7.48. The molecule has 32 heavy (non-hydrogen) atoms. The number of hydrogen-bond acceptors (Lipinski definition) is 7. The van der Waals surface area contributed by atoms with Crippen molar-refractivity contribution in [3.8, 4) is 17.2 Å². The van der Waals surface area contributed by atoms with Crippen LogP contribution in [0.3, 0.4) is 0 Å². The molecule has 0 radical (unpaired) electrons. The number of hydrogen-bond donors (Lipinski definition) is 2. The van der Waals surface area contributed by atoms with Crippen LogP contribution in [0.1, 0.15) is 17.2 Å². The number of methoxy groups -OCH3 is 1. The molecule has 0 aliphatic carbocycles. The highest BCUT2D eigenvalue weighted by Crippen LogP contribution is 2.35. The van der Waals surface area contributed by atoms with Crippen LogP contribution in [0.15, 0.2) is 42.5 Å². The standard InChI is InChI=1S/C23H27N3O6/c1-29-19-5-3-2-4-17(19)13-24-22(27)23(28)25-14-18(26-8-10-30-11-9-26)16-6-7-20-21(12-16)32-15-31-20/h2-7,12,18H,8-11,13-15H2,1H3,(H,24,27)(H,25,28)/t18-/m1/s1. The van der Waals surface area contributed by atoms with Gasteiger partial charge in [0.25, 0.3) is 0 Å². The molecule has 1 atom stereocenters. The number of carbonyl (C=O) groups excluding carboxylic acids is 2. The molecular weight excluding hydrogens is 414 g/mol. The lowest BCUT2D eigenvalue weighted by Gasteiger charge is -2.34. The zero-order chi connectivity index (χ0) is 22.3. The van der Waals surface area contributed by atoms with Crippen molar-refractivity contribution in [2.24, 2.45) is 0 Å². The van der Waals surface area contributed by atoms with Crippen molar-refractivity contribution < 1.29 is 28.5 Å². The molecule has 1 fully saturated rings. The number of para-hydroxylation sites is 1. The topological polar surface area (TPSA) is 98.4 Å². The fraction of sp³-hybridized carbons (Fsp3) is 0.391. The molecule has 2 N–H and O–H groups in total. The maximum absolute atomic E-state index is 12.5. The molecular formula is C23H27N3O6. The van der Waals surface area contributed by atoms with Gasteiger partial charge in [0.05, 0.1) is 26.4 Å². The minimum Gasteiger partial charge on any atom is -0.496 e. The summed E-state index contributed by atoms with van der Waals surface area (Å²) < 4.78 is 21.7. The van der Waals surface area contributed by atoms with E-state index in [4.69, 9.17) is 18.9 Å². The summed E-state index contributed by atoms with van der Waals surface area (Å²) >= 11 is 0. The number of rotatable bonds is 7. The highest BCUT2D eigenvalue weighted by Gasteiger charge is 2.26. The van der Waals surface area contributed by atoms with E-state index < -0.39 is 11.8 Å². The number of fused-ring (bicyclic) bond motifs is 1. The molecule has 9 heteroatoms. The molecule has 0 bridgehead atoms. The molecule has 2 amide bonds. The zero-order valence-corrected chi connectivity index (χ0v) is 18.0. The minimum absolute atomic E-state index is 0.126. The summed E-state index contributed by atoms with van der Waals surface area (Å²) in [4.78, 5) is 27.1. The lowest BCUT2D eigenvalue weighted by Crippen LogP contribution is -2.46. The van der Waals surface area contributed by atoms with E-state index in [0.29, 0.717) is 30.5 Å². The Kier molecular flexibility index (Phi) is 7.08. The molecule has 2 aliphatic heterocycles. The SMILES string of the molecule is COc1ccccc1CNC(=O)C(=O)NC[C@H](c1ccc2c(c1)OCO2)N1CCOCC1. The second-order valence-corrected chi connectivity index (χ2v) is 7.48. The van der Waals surface area contributed by atoms with Crippen molar-refractivity contribution >= 4 is 11.8 Å². The largest absolute Gasteiger partial charge is 0.496 e. The number of morpholine rings is 1. The maximum atomic E-state index is 12.5. The first-order valence-electron chi connectivity index (χ1n) is 10.5. The Morgan fingerprint density at radius 3 is 2.59 bits per heavy atom. The third-order valence-corrected chi connectivity index (χ3v) is 5.56. The molecule has 4 rings (SSSR count). The molecule has 2 aromatic carbocycles. The Morgan fingerprint density at radius 2 is 1.78 bits per heavy atom. The Balaban J connectivity index is 1.38. The van der Waals surface area contributed by atoms with E-state index >= 15 is 0 Å². The smallest absolute Gasteiger partial charge is 0.309 e. The summed E-state index contributed by atoms with van der Waals surface area (Å²) in [6.07, 6.45) is 0. The Hall–Kier alpha value is -3.30. The van der Waals surface area contributed by atoms with E-state index in [1.165, 1.54) is 0 Å². The average molecular weight is 441 g/mol. The number of nitrogens with zero attached hydrogens (tertiary/aromatic N) is 1. The van der Waals surface area contributed by atoms with Gasteiger partial charge in [-0.25, -0.2) is 0 Å². The minimum atomic E-state index is -0.692. The zero-order valence-electron chi connectivity index (χ0n) is 18.0. The monoisotopic (exact) mass is 441 g/mol. The third kappa shape index (κ3) is 5.12. The Labute approximate surface area is 186 Å². The van der Waals surface area contributed by atoms with Crippen LogP contribution in [0, 0.1) is 0 Å². The van der Waals surface area contributed by atoms with E-state index in [1.54, 1.807) is 13.2 Å². The van der Waals surface area contributed by atoms with E-state index in [1.807, 2.05) is 36.4 Å². The Morgan fingerprint density at radius 1 is 1.03 bits per heavy atom. The van der Waals surface area contributed by atoms with Gasteiger partial charge in [-0.3, -0.25) is 14.5 Å². The van der Waals surface area contributed by atoms with Gasteiger partial charge < -0.3 is 29.6 Å². The molecule has 2 heterocycles. The first-order chi connectivity index (χ1) is 15.7. The fourth-order valence-electron chi connectivity index (χ4n) is 3.84. The van der Waals surface area contributed by atoms with Gasteiger partial charge in [0.2, 0.25) is 6.79 Å². The summed E-state index contributed by atoms with van der Waals surface area (Å²) in [7, 11) is 1.56. The van der Waals surface area contributed by atoms with Gasteiger partial charge >= 0.3 is 11.8 Å². The lowest BCUT2D eigenvalue weighted by atomic mass is 10.0. The lowest BCUT2D eigenvalue weighted by molar-refractivity contribution is -0.139. The summed E-state index contributed by atoms with van der Waals surface area (Å²) in [5.74, 6) is 0.667.